The third-order valence-corrected chi connectivity index (χ3v) is 4.35. The summed E-state index contributed by atoms with van der Waals surface area (Å²) in [7, 11) is 0. The summed E-state index contributed by atoms with van der Waals surface area (Å²) in [4.78, 5) is 33.9. The summed E-state index contributed by atoms with van der Waals surface area (Å²) in [6, 6.07) is 11.3. The Labute approximate surface area is 157 Å². The molecule has 0 saturated carbocycles. The molecular formula is C20H22N2O5. The summed E-state index contributed by atoms with van der Waals surface area (Å²) in [5.74, 6) is -0.210. The zero-order chi connectivity index (χ0) is 20.0. The van der Waals surface area contributed by atoms with Gasteiger partial charge in [-0.1, -0.05) is 32.0 Å². The van der Waals surface area contributed by atoms with Gasteiger partial charge in [0.25, 0.3) is 5.91 Å². The lowest BCUT2D eigenvalue weighted by molar-refractivity contribution is -0.386. The van der Waals surface area contributed by atoms with E-state index in [1.807, 2.05) is 24.3 Å². The number of hydrogen-bond acceptors (Lipinski definition) is 5. The standard InChI is InChI=1S/C20H22N2O5/c1-4-13(2)16-7-5-6-8-17(16)21-20(24)14(3)27-19-10-9-15(12-23)11-18(19)22(25)26/h5-14H,4H2,1-3H3,(H,21,24)/t13-,14+/m1/s1. The average molecular weight is 370 g/mol. The maximum Gasteiger partial charge on any atom is 0.311 e. The first-order chi connectivity index (χ1) is 12.9. The number of nitro benzene ring substituents is 1. The molecule has 27 heavy (non-hydrogen) atoms. The summed E-state index contributed by atoms with van der Waals surface area (Å²) in [5, 5.41) is 14.0. The van der Waals surface area contributed by atoms with Gasteiger partial charge in [0.05, 0.1) is 4.92 Å². The topological polar surface area (TPSA) is 98.5 Å². The maximum absolute atomic E-state index is 12.5. The van der Waals surface area contributed by atoms with Crippen molar-refractivity contribution < 1.29 is 19.2 Å². The molecule has 1 N–H and O–H groups in total. The van der Waals surface area contributed by atoms with Crippen molar-refractivity contribution in [2.75, 3.05) is 5.32 Å². The van der Waals surface area contributed by atoms with E-state index in [-0.39, 0.29) is 22.9 Å². The van der Waals surface area contributed by atoms with Gasteiger partial charge in [-0.25, -0.2) is 0 Å². The monoisotopic (exact) mass is 370 g/mol. The summed E-state index contributed by atoms with van der Waals surface area (Å²) in [6.45, 7) is 5.65. The van der Waals surface area contributed by atoms with Crippen LogP contribution in [0.1, 0.15) is 49.0 Å². The van der Waals surface area contributed by atoms with Gasteiger partial charge >= 0.3 is 5.69 Å². The molecule has 0 fully saturated rings. The summed E-state index contributed by atoms with van der Waals surface area (Å²) < 4.78 is 5.50. The Morgan fingerprint density at radius 1 is 1.26 bits per heavy atom. The van der Waals surface area contributed by atoms with E-state index in [0.29, 0.717) is 12.0 Å². The molecule has 0 aliphatic carbocycles. The predicted octanol–water partition coefficient (Wildman–Crippen LogP) is 4.33. The Bertz CT molecular complexity index is 850. The SMILES string of the molecule is CC[C@@H](C)c1ccccc1NC(=O)[C@H](C)Oc1ccc(C=O)cc1[N+](=O)[O-]. The highest BCUT2D eigenvalue weighted by Gasteiger charge is 2.22. The highest BCUT2D eigenvalue weighted by Crippen LogP contribution is 2.29. The molecule has 0 bridgehead atoms. The van der Waals surface area contributed by atoms with Crippen LogP contribution < -0.4 is 10.1 Å². The number of benzene rings is 2. The Morgan fingerprint density at radius 3 is 2.59 bits per heavy atom. The Kier molecular flexibility index (Phi) is 6.65. The molecule has 142 valence electrons. The molecule has 0 aliphatic rings. The second kappa shape index (κ2) is 8.93. The fourth-order valence-electron chi connectivity index (χ4n) is 2.59. The number of para-hydroxylation sites is 1. The van der Waals surface area contributed by atoms with Crippen molar-refractivity contribution in [3.63, 3.8) is 0 Å². The van der Waals surface area contributed by atoms with Gasteiger partial charge in [0.1, 0.15) is 6.29 Å². The van der Waals surface area contributed by atoms with Crippen LogP contribution in [0.3, 0.4) is 0 Å². The molecule has 0 heterocycles. The van der Waals surface area contributed by atoms with Gasteiger partial charge in [-0.2, -0.15) is 0 Å². The van der Waals surface area contributed by atoms with E-state index in [1.54, 1.807) is 0 Å². The van der Waals surface area contributed by atoms with Gasteiger partial charge in [0.15, 0.2) is 11.9 Å². The number of aldehydes is 1. The van der Waals surface area contributed by atoms with E-state index in [1.165, 1.54) is 19.1 Å². The predicted molar refractivity (Wildman–Crippen MR) is 102 cm³/mol. The van der Waals surface area contributed by atoms with Crippen LogP contribution in [-0.4, -0.2) is 23.2 Å². The average Bonchev–Trinajstić information content (AvgIpc) is 2.67. The number of carbonyl (C=O) groups is 2. The number of nitrogens with one attached hydrogen (secondary N) is 1. The molecule has 0 unspecified atom stereocenters. The number of rotatable bonds is 8. The van der Waals surface area contributed by atoms with Gasteiger partial charge in [0.2, 0.25) is 0 Å². The second-order valence-electron chi connectivity index (χ2n) is 6.25. The number of nitro groups is 1. The molecule has 2 rings (SSSR count). The van der Waals surface area contributed by atoms with Crippen molar-refractivity contribution in [1.29, 1.82) is 0 Å². The third-order valence-electron chi connectivity index (χ3n) is 4.35. The van der Waals surface area contributed by atoms with E-state index in [9.17, 15) is 19.7 Å². The van der Waals surface area contributed by atoms with Gasteiger partial charge in [-0.3, -0.25) is 19.7 Å². The number of hydrogen-bond donors (Lipinski definition) is 1. The Balaban J connectivity index is 2.18. The van der Waals surface area contributed by atoms with Crippen LogP contribution in [0.4, 0.5) is 11.4 Å². The van der Waals surface area contributed by atoms with Crippen molar-refractivity contribution in [3.8, 4) is 5.75 Å². The van der Waals surface area contributed by atoms with Gasteiger partial charge in [-0.15, -0.1) is 0 Å². The van der Waals surface area contributed by atoms with Crippen LogP contribution >= 0.6 is 0 Å². The second-order valence-corrected chi connectivity index (χ2v) is 6.25. The number of carbonyl (C=O) groups excluding carboxylic acids is 2. The molecule has 0 saturated heterocycles. The minimum Gasteiger partial charge on any atom is -0.474 e. The minimum atomic E-state index is -0.962. The van der Waals surface area contributed by atoms with Gasteiger partial charge in [0, 0.05) is 17.3 Å². The molecule has 0 aliphatic heterocycles. The molecule has 7 heteroatoms. The molecule has 0 aromatic heterocycles. The smallest absolute Gasteiger partial charge is 0.311 e. The first-order valence-electron chi connectivity index (χ1n) is 8.67. The van der Waals surface area contributed by atoms with E-state index in [2.05, 4.69) is 19.2 Å². The lowest BCUT2D eigenvalue weighted by Gasteiger charge is -2.18. The van der Waals surface area contributed by atoms with E-state index in [0.717, 1.165) is 18.1 Å². The zero-order valence-electron chi connectivity index (χ0n) is 15.5. The molecule has 2 atom stereocenters. The van der Waals surface area contributed by atoms with E-state index >= 15 is 0 Å². The fraction of sp³-hybridized carbons (Fsp3) is 0.300. The normalized spacial score (nSPS) is 12.7. The van der Waals surface area contributed by atoms with Crippen molar-refractivity contribution >= 4 is 23.6 Å². The maximum atomic E-state index is 12.5. The van der Waals surface area contributed by atoms with Crippen LogP contribution in [0, 0.1) is 10.1 Å². The first kappa shape index (κ1) is 20.1. The number of nitrogens with zero attached hydrogens (tertiary/aromatic N) is 1. The zero-order valence-corrected chi connectivity index (χ0v) is 15.5. The molecule has 2 aromatic rings. The third kappa shape index (κ3) is 4.91. The van der Waals surface area contributed by atoms with Crippen molar-refractivity contribution in [2.45, 2.75) is 39.2 Å². The summed E-state index contributed by atoms with van der Waals surface area (Å²) >= 11 is 0. The van der Waals surface area contributed by atoms with E-state index < -0.39 is 16.9 Å². The van der Waals surface area contributed by atoms with E-state index in [4.69, 9.17) is 4.74 Å². The Morgan fingerprint density at radius 2 is 1.96 bits per heavy atom. The van der Waals surface area contributed by atoms with Crippen molar-refractivity contribution in [2.24, 2.45) is 0 Å². The molecule has 0 spiro atoms. The van der Waals surface area contributed by atoms with Crippen molar-refractivity contribution in [3.05, 3.63) is 63.7 Å². The number of amides is 1. The first-order valence-corrected chi connectivity index (χ1v) is 8.67. The number of ether oxygens (including phenoxy) is 1. The molecule has 7 nitrogen and oxygen atoms in total. The Hall–Kier alpha value is -3.22. The highest BCUT2D eigenvalue weighted by molar-refractivity contribution is 5.95. The summed E-state index contributed by atoms with van der Waals surface area (Å²) in [6.07, 6.45) is 0.475. The van der Waals surface area contributed by atoms with Gasteiger partial charge < -0.3 is 10.1 Å². The molecule has 0 radical (unpaired) electrons. The fourth-order valence-corrected chi connectivity index (χ4v) is 2.59. The van der Waals surface area contributed by atoms with Crippen LogP contribution in [0.15, 0.2) is 42.5 Å². The van der Waals surface area contributed by atoms with Crippen LogP contribution in [-0.2, 0) is 4.79 Å². The molecule has 1 amide bonds. The molecule has 2 aromatic carbocycles. The largest absolute Gasteiger partial charge is 0.474 e. The quantitative estimate of drug-likeness (QED) is 0.424. The lowest BCUT2D eigenvalue weighted by atomic mass is 9.97. The van der Waals surface area contributed by atoms with Crippen LogP contribution in [0.25, 0.3) is 0 Å². The minimum absolute atomic E-state index is 0.0662. The molecular weight excluding hydrogens is 348 g/mol. The number of anilines is 1. The summed E-state index contributed by atoms with van der Waals surface area (Å²) in [5.41, 5.74) is 1.51. The van der Waals surface area contributed by atoms with Crippen LogP contribution in [0.2, 0.25) is 0 Å². The van der Waals surface area contributed by atoms with Gasteiger partial charge in [-0.05, 0) is 43.0 Å². The lowest BCUT2D eigenvalue weighted by Crippen LogP contribution is -2.30. The van der Waals surface area contributed by atoms with Crippen molar-refractivity contribution in [1.82, 2.24) is 0 Å². The van der Waals surface area contributed by atoms with Crippen LogP contribution in [0.5, 0.6) is 5.75 Å². The highest BCUT2D eigenvalue weighted by atomic mass is 16.6.